The van der Waals surface area contributed by atoms with Crippen LogP contribution < -0.4 is 5.32 Å². The van der Waals surface area contributed by atoms with Gasteiger partial charge in [-0.2, -0.15) is 0 Å². The van der Waals surface area contributed by atoms with Crippen molar-refractivity contribution in [1.82, 2.24) is 5.32 Å². The first-order valence-corrected chi connectivity index (χ1v) is 19.6. The van der Waals surface area contributed by atoms with Gasteiger partial charge in [0.15, 0.2) is 0 Å². The summed E-state index contributed by atoms with van der Waals surface area (Å²) >= 11 is 0. The molecule has 45 heavy (non-hydrogen) atoms. The van der Waals surface area contributed by atoms with E-state index in [4.69, 9.17) is 0 Å². The van der Waals surface area contributed by atoms with Crippen molar-refractivity contribution in [2.75, 3.05) is 6.61 Å². The van der Waals surface area contributed by atoms with E-state index in [1.165, 1.54) is 141 Å². The lowest BCUT2D eigenvalue weighted by atomic mass is 10.0. The van der Waals surface area contributed by atoms with E-state index in [0.29, 0.717) is 6.42 Å². The van der Waals surface area contributed by atoms with Crippen molar-refractivity contribution < 1.29 is 20.1 Å². The summed E-state index contributed by atoms with van der Waals surface area (Å²) in [7, 11) is 0. The summed E-state index contributed by atoms with van der Waals surface area (Å²) in [6.45, 7) is 4.15. The van der Waals surface area contributed by atoms with Crippen molar-refractivity contribution in [3.05, 3.63) is 24.3 Å². The van der Waals surface area contributed by atoms with Crippen LogP contribution in [0.3, 0.4) is 0 Å². The van der Waals surface area contributed by atoms with E-state index in [1.807, 2.05) is 6.08 Å². The maximum Gasteiger partial charge on any atom is 0.222 e. The van der Waals surface area contributed by atoms with Crippen LogP contribution in [0, 0.1) is 0 Å². The number of carbonyl (C=O) groups excluding carboxylic acids is 1. The Balaban J connectivity index is 3.66. The first kappa shape index (κ1) is 43.8. The number of amides is 1. The summed E-state index contributed by atoms with van der Waals surface area (Å²) in [6.07, 6.45) is 41.9. The van der Waals surface area contributed by atoms with Crippen LogP contribution in [0.5, 0.6) is 0 Å². The largest absolute Gasteiger partial charge is 0.394 e. The van der Waals surface area contributed by atoms with Crippen LogP contribution in [0.25, 0.3) is 0 Å². The van der Waals surface area contributed by atoms with E-state index in [1.54, 1.807) is 6.08 Å². The highest BCUT2D eigenvalue weighted by Crippen LogP contribution is 2.15. The second-order valence-electron chi connectivity index (χ2n) is 13.5. The molecule has 266 valence electrons. The third-order valence-corrected chi connectivity index (χ3v) is 8.99. The molecule has 5 heteroatoms. The topological polar surface area (TPSA) is 89.8 Å². The van der Waals surface area contributed by atoms with Crippen molar-refractivity contribution in [3.8, 4) is 0 Å². The van der Waals surface area contributed by atoms with Crippen molar-refractivity contribution in [1.29, 1.82) is 0 Å². The molecule has 0 bridgehead atoms. The fraction of sp³-hybridized carbons (Fsp3) is 0.875. The summed E-state index contributed by atoms with van der Waals surface area (Å²) in [5, 5.41) is 32.9. The highest BCUT2D eigenvalue weighted by molar-refractivity contribution is 5.76. The molecule has 3 unspecified atom stereocenters. The molecule has 0 saturated carbocycles. The number of nitrogens with one attached hydrogen (secondary N) is 1. The van der Waals surface area contributed by atoms with Gasteiger partial charge in [0.25, 0.3) is 0 Å². The van der Waals surface area contributed by atoms with Crippen molar-refractivity contribution in [2.24, 2.45) is 0 Å². The summed E-state index contributed by atoms with van der Waals surface area (Å²) in [5.74, 6) is -0.329. The number of unbranched alkanes of at least 4 members (excludes halogenated alkanes) is 24. The van der Waals surface area contributed by atoms with Crippen molar-refractivity contribution >= 4 is 5.91 Å². The minimum absolute atomic E-state index is 0.00695. The third kappa shape index (κ3) is 32.6. The van der Waals surface area contributed by atoms with Crippen LogP contribution in [0.15, 0.2) is 24.3 Å². The number of hydrogen-bond acceptors (Lipinski definition) is 4. The number of aliphatic hydroxyl groups excluding tert-OH is 3. The Kier molecular flexibility index (Phi) is 34.8. The Morgan fingerprint density at radius 3 is 1.42 bits per heavy atom. The fourth-order valence-corrected chi connectivity index (χ4v) is 5.94. The third-order valence-electron chi connectivity index (χ3n) is 8.99. The van der Waals surface area contributed by atoms with E-state index < -0.39 is 18.2 Å². The van der Waals surface area contributed by atoms with Crippen molar-refractivity contribution in [2.45, 2.75) is 218 Å². The molecule has 0 aliphatic rings. The molecule has 0 aromatic heterocycles. The van der Waals surface area contributed by atoms with Gasteiger partial charge in [-0.05, 0) is 32.1 Å². The molecular weight excluding hydrogens is 558 g/mol. The maximum atomic E-state index is 12.3. The molecule has 0 radical (unpaired) electrons. The zero-order chi connectivity index (χ0) is 33.1. The normalized spacial score (nSPS) is 14.0. The molecule has 5 nitrogen and oxygen atoms in total. The minimum atomic E-state index is -0.946. The molecule has 0 rings (SSSR count). The standard InChI is InChI=1S/C40H77NO4/c1-3-5-7-9-11-12-13-14-15-16-17-18-19-20-21-22-23-24-25-26-28-30-32-34-39(44)38(36-42)41-40(45)35-37(43)33-31-29-27-10-8-6-4-2/h25-26,32,34,37-39,42-44H,3-24,27-31,33,35-36H2,1-2H3,(H,41,45)/b26-25+,34-32+. The number of carbonyl (C=O) groups is 1. The van der Waals surface area contributed by atoms with Gasteiger partial charge in [-0.1, -0.05) is 186 Å². The molecule has 0 aliphatic heterocycles. The average molecular weight is 636 g/mol. The smallest absolute Gasteiger partial charge is 0.222 e. The molecule has 0 spiro atoms. The van der Waals surface area contributed by atoms with E-state index in [2.05, 4.69) is 31.3 Å². The summed E-state index contributed by atoms with van der Waals surface area (Å²) in [4.78, 5) is 12.3. The lowest BCUT2D eigenvalue weighted by molar-refractivity contribution is -0.124. The monoisotopic (exact) mass is 636 g/mol. The second kappa shape index (κ2) is 35.7. The minimum Gasteiger partial charge on any atom is -0.394 e. The lowest BCUT2D eigenvalue weighted by Crippen LogP contribution is -2.45. The highest BCUT2D eigenvalue weighted by atomic mass is 16.3. The number of allylic oxidation sites excluding steroid dienone is 3. The van der Waals surface area contributed by atoms with Crippen molar-refractivity contribution in [3.63, 3.8) is 0 Å². The van der Waals surface area contributed by atoms with Gasteiger partial charge in [-0.3, -0.25) is 4.79 Å². The van der Waals surface area contributed by atoms with Crippen LogP contribution in [0.2, 0.25) is 0 Å². The fourth-order valence-electron chi connectivity index (χ4n) is 5.94. The lowest BCUT2D eigenvalue weighted by Gasteiger charge is -2.21. The van der Waals surface area contributed by atoms with Gasteiger partial charge in [-0.25, -0.2) is 0 Å². The molecule has 0 aromatic rings. The van der Waals surface area contributed by atoms with Crippen LogP contribution in [-0.4, -0.2) is 46.1 Å². The molecule has 0 saturated heterocycles. The predicted octanol–water partition coefficient (Wildman–Crippen LogP) is 10.7. The molecular formula is C40H77NO4. The number of hydrogen-bond donors (Lipinski definition) is 4. The Morgan fingerprint density at radius 2 is 0.956 bits per heavy atom. The average Bonchev–Trinajstić information content (AvgIpc) is 3.03. The van der Waals surface area contributed by atoms with Gasteiger partial charge in [0.2, 0.25) is 5.91 Å². The molecule has 1 amide bonds. The molecule has 3 atom stereocenters. The second-order valence-corrected chi connectivity index (χ2v) is 13.5. The number of rotatable bonds is 35. The zero-order valence-electron chi connectivity index (χ0n) is 30.0. The van der Waals surface area contributed by atoms with Gasteiger partial charge < -0.3 is 20.6 Å². The summed E-state index contributed by atoms with van der Waals surface area (Å²) in [5.41, 5.74) is 0. The molecule has 0 fully saturated rings. The van der Waals surface area contributed by atoms with Crippen LogP contribution in [0.4, 0.5) is 0 Å². The zero-order valence-corrected chi connectivity index (χ0v) is 30.0. The Hall–Kier alpha value is -1.17. The number of aliphatic hydroxyl groups is 3. The van der Waals surface area contributed by atoms with Crippen LogP contribution in [0.1, 0.15) is 200 Å². The van der Waals surface area contributed by atoms with E-state index in [9.17, 15) is 20.1 Å². The molecule has 4 N–H and O–H groups in total. The summed E-state index contributed by atoms with van der Waals surface area (Å²) in [6, 6.07) is -0.755. The first-order chi connectivity index (χ1) is 22.0. The Bertz CT molecular complexity index is 665. The van der Waals surface area contributed by atoms with Crippen LogP contribution in [-0.2, 0) is 4.79 Å². The van der Waals surface area contributed by atoms with E-state index >= 15 is 0 Å². The Labute approximate surface area is 280 Å². The van der Waals surface area contributed by atoms with Gasteiger partial charge >= 0.3 is 0 Å². The first-order valence-electron chi connectivity index (χ1n) is 19.6. The van der Waals surface area contributed by atoms with Gasteiger partial charge in [0.05, 0.1) is 31.3 Å². The van der Waals surface area contributed by atoms with Gasteiger partial charge in [-0.15, -0.1) is 0 Å². The molecule has 0 aromatic carbocycles. The van der Waals surface area contributed by atoms with E-state index in [0.717, 1.165) is 32.1 Å². The van der Waals surface area contributed by atoms with E-state index in [-0.39, 0.29) is 18.9 Å². The quantitative estimate of drug-likeness (QED) is 0.0412. The van der Waals surface area contributed by atoms with Gasteiger partial charge in [0.1, 0.15) is 0 Å². The highest BCUT2D eigenvalue weighted by Gasteiger charge is 2.20. The molecule has 0 heterocycles. The predicted molar refractivity (Wildman–Crippen MR) is 195 cm³/mol. The van der Waals surface area contributed by atoms with Crippen LogP contribution >= 0.6 is 0 Å². The SMILES string of the molecule is CCCCCCCCCCCCCCCCCCC/C=C/CC/C=C/C(O)C(CO)NC(=O)CC(O)CCCCCCCCC. The maximum absolute atomic E-state index is 12.3. The molecule has 0 aliphatic carbocycles. The Morgan fingerprint density at radius 1 is 0.556 bits per heavy atom. The van der Waals surface area contributed by atoms with Gasteiger partial charge in [0, 0.05) is 0 Å². The summed E-state index contributed by atoms with van der Waals surface area (Å²) < 4.78 is 0.